The number of benzene rings is 10. The van der Waals surface area contributed by atoms with Crippen molar-refractivity contribution >= 4 is 71.4 Å². The fraction of sp³-hybridized carbons (Fsp3) is 0. The van der Waals surface area contributed by atoms with Crippen LogP contribution >= 0.6 is 0 Å². The summed E-state index contributed by atoms with van der Waals surface area (Å²) in [4.78, 5) is 2.36. The van der Waals surface area contributed by atoms with Gasteiger partial charge in [0.2, 0.25) is 0 Å². The molecular weight excluding hydrogens is 739 g/mol. The van der Waals surface area contributed by atoms with Crippen molar-refractivity contribution in [3.63, 3.8) is 0 Å². The molecule has 0 aliphatic rings. The quantitative estimate of drug-likeness (QED) is 0.157. The molecule has 2 heterocycles. The first kappa shape index (κ1) is 34.9. The number of hydrogen-bond donors (Lipinski definition) is 0. The van der Waals surface area contributed by atoms with Gasteiger partial charge in [0.05, 0.1) is 22.1 Å². The Labute approximate surface area is 354 Å². The number of para-hydroxylation sites is 2. The van der Waals surface area contributed by atoms with E-state index in [-0.39, 0.29) is 0 Å². The molecule has 12 rings (SSSR count). The summed E-state index contributed by atoms with van der Waals surface area (Å²) in [6, 6.07) is 85.8. The minimum absolute atomic E-state index is 1.09. The van der Waals surface area contributed by atoms with Gasteiger partial charge in [-0.3, -0.25) is 0 Å². The molecule has 0 radical (unpaired) electrons. The number of nitrogens with zero attached hydrogens (tertiary/aromatic N) is 3. The van der Waals surface area contributed by atoms with E-state index in [1.807, 2.05) is 0 Å². The third-order valence-corrected chi connectivity index (χ3v) is 12.3. The van der Waals surface area contributed by atoms with Crippen LogP contribution in [0.4, 0.5) is 17.1 Å². The lowest BCUT2D eigenvalue weighted by atomic mass is 10.0. The molecule has 0 bridgehead atoms. The number of hydrogen-bond acceptors (Lipinski definition) is 1. The standard InChI is InChI=1S/C58H39N3/c1-3-13-40(14-4-1)43-23-28-46(29-24-43)59(47-30-25-44(26-31-47)41-15-5-2-6-16-41)48-33-35-49(36-34-48)61-54-21-11-9-19-51(54)52-37-38-56-57(58(52)61)53-20-10-12-22-55(53)60(56)50-32-27-42-17-7-8-18-45(42)39-50/h1-39H. The number of aromatic nitrogens is 2. The van der Waals surface area contributed by atoms with Gasteiger partial charge < -0.3 is 14.0 Å². The predicted octanol–water partition coefficient (Wildman–Crippen LogP) is 15.8. The Hall–Kier alpha value is -8.14. The molecule has 2 aromatic heterocycles. The van der Waals surface area contributed by atoms with Crippen molar-refractivity contribution in [1.29, 1.82) is 0 Å². The van der Waals surface area contributed by atoms with E-state index in [4.69, 9.17) is 0 Å². The van der Waals surface area contributed by atoms with Gasteiger partial charge in [0.1, 0.15) is 0 Å². The van der Waals surface area contributed by atoms with Gasteiger partial charge in [0.15, 0.2) is 0 Å². The molecule has 0 spiro atoms. The van der Waals surface area contributed by atoms with Crippen molar-refractivity contribution in [2.45, 2.75) is 0 Å². The minimum atomic E-state index is 1.09. The van der Waals surface area contributed by atoms with Gasteiger partial charge in [-0.25, -0.2) is 0 Å². The molecule has 0 aliphatic heterocycles. The topological polar surface area (TPSA) is 13.1 Å². The Bertz CT molecular complexity index is 3460. The second-order valence-electron chi connectivity index (χ2n) is 15.8. The first-order valence-electron chi connectivity index (χ1n) is 20.9. The molecule has 61 heavy (non-hydrogen) atoms. The van der Waals surface area contributed by atoms with E-state index < -0.39 is 0 Å². The highest BCUT2D eigenvalue weighted by Gasteiger charge is 2.21. The van der Waals surface area contributed by atoms with Crippen LogP contribution in [0.25, 0.3) is 88.0 Å². The van der Waals surface area contributed by atoms with E-state index >= 15 is 0 Å². The fourth-order valence-corrected chi connectivity index (χ4v) is 9.44. The molecule has 0 aliphatic carbocycles. The normalized spacial score (nSPS) is 11.6. The maximum atomic E-state index is 2.47. The molecule has 0 unspecified atom stereocenters. The Morgan fingerprint density at radius 2 is 0.754 bits per heavy atom. The van der Waals surface area contributed by atoms with Crippen LogP contribution in [0.5, 0.6) is 0 Å². The maximum absolute atomic E-state index is 2.47. The first-order chi connectivity index (χ1) is 30.3. The molecular formula is C58H39N3. The summed E-state index contributed by atoms with van der Waals surface area (Å²) in [5.74, 6) is 0. The SMILES string of the molecule is c1ccc(-c2ccc(N(c3ccc(-c4ccccc4)cc3)c3ccc(-n4c5ccccc5c5ccc6c(c7ccccc7n6-c6ccc7ccccc7c6)c54)cc3)cc2)cc1. The van der Waals surface area contributed by atoms with Gasteiger partial charge in [-0.2, -0.15) is 0 Å². The average molecular weight is 778 g/mol. The van der Waals surface area contributed by atoms with E-state index in [9.17, 15) is 0 Å². The third-order valence-electron chi connectivity index (χ3n) is 12.3. The van der Waals surface area contributed by atoms with Crippen LogP contribution in [0.1, 0.15) is 0 Å². The summed E-state index contributed by atoms with van der Waals surface area (Å²) < 4.78 is 4.91. The Balaban J connectivity index is 1.03. The van der Waals surface area contributed by atoms with Crippen molar-refractivity contribution in [3.8, 4) is 33.6 Å². The van der Waals surface area contributed by atoms with Crippen molar-refractivity contribution in [1.82, 2.24) is 9.13 Å². The monoisotopic (exact) mass is 777 g/mol. The largest absolute Gasteiger partial charge is 0.311 e. The number of anilines is 3. The highest BCUT2D eigenvalue weighted by atomic mass is 15.1. The van der Waals surface area contributed by atoms with Gasteiger partial charge in [0.25, 0.3) is 0 Å². The highest BCUT2D eigenvalue weighted by molar-refractivity contribution is 6.26. The Morgan fingerprint density at radius 1 is 0.279 bits per heavy atom. The van der Waals surface area contributed by atoms with E-state index in [1.54, 1.807) is 0 Å². The third kappa shape index (κ3) is 5.82. The molecule has 0 amide bonds. The van der Waals surface area contributed by atoms with Crippen molar-refractivity contribution in [2.75, 3.05) is 4.90 Å². The fourth-order valence-electron chi connectivity index (χ4n) is 9.44. The van der Waals surface area contributed by atoms with Crippen molar-refractivity contribution < 1.29 is 0 Å². The summed E-state index contributed by atoms with van der Waals surface area (Å²) in [5.41, 5.74) is 15.1. The summed E-state index contributed by atoms with van der Waals surface area (Å²) in [6.07, 6.45) is 0. The Morgan fingerprint density at radius 3 is 1.38 bits per heavy atom. The van der Waals surface area contributed by atoms with Crippen LogP contribution in [0.15, 0.2) is 237 Å². The summed E-state index contributed by atoms with van der Waals surface area (Å²) in [5, 5.41) is 7.44. The predicted molar refractivity (Wildman–Crippen MR) is 258 cm³/mol. The molecule has 3 nitrogen and oxygen atoms in total. The molecule has 286 valence electrons. The van der Waals surface area contributed by atoms with Crippen LogP contribution in [0.3, 0.4) is 0 Å². The second kappa shape index (κ2) is 14.3. The van der Waals surface area contributed by atoms with E-state index in [0.29, 0.717) is 0 Å². The van der Waals surface area contributed by atoms with Crippen molar-refractivity contribution in [2.24, 2.45) is 0 Å². The molecule has 10 aromatic carbocycles. The van der Waals surface area contributed by atoms with Gasteiger partial charge in [-0.15, -0.1) is 0 Å². The number of rotatable bonds is 7. The minimum Gasteiger partial charge on any atom is -0.311 e. The van der Waals surface area contributed by atoms with Crippen LogP contribution < -0.4 is 4.90 Å². The van der Waals surface area contributed by atoms with Crippen LogP contribution in [0.2, 0.25) is 0 Å². The lowest BCUT2D eigenvalue weighted by Crippen LogP contribution is -2.10. The summed E-state index contributed by atoms with van der Waals surface area (Å²) >= 11 is 0. The summed E-state index contributed by atoms with van der Waals surface area (Å²) in [6.45, 7) is 0. The van der Waals surface area contributed by atoms with E-state index in [1.165, 1.54) is 76.6 Å². The van der Waals surface area contributed by atoms with Crippen LogP contribution in [-0.2, 0) is 0 Å². The Kier molecular flexibility index (Phi) is 8.17. The smallest absolute Gasteiger partial charge is 0.0641 e. The zero-order valence-corrected chi connectivity index (χ0v) is 33.4. The highest BCUT2D eigenvalue weighted by Crippen LogP contribution is 2.43. The van der Waals surface area contributed by atoms with E-state index in [0.717, 1.165) is 28.4 Å². The molecule has 0 saturated heterocycles. The maximum Gasteiger partial charge on any atom is 0.0641 e. The molecule has 0 atom stereocenters. The van der Waals surface area contributed by atoms with E-state index in [2.05, 4.69) is 251 Å². The number of fused-ring (bicyclic) bond motifs is 8. The molecule has 0 fully saturated rings. The second-order valence-corrected chi connectivity index (χ2v) is 15.8. The van der Waals surface area contributed by atoms with Gasteiger partial charge in [-0.05, 0) is 112 Å². The molecule has 0 saturated carbocycles. The zero-order chi connectivity index (χ0) is 40.3. The molecule has 0 N–H and O–H groups in total. The van der Waals surface area contributed by atoms with Gasteiger partial charge in [-0.1, -0.05) is 158 Å². The molecule has 12 aromatic rings. The average Bonchev–Trinajstić information content (AvgIpc) is 3.86. The van der Waals surface area contributed by atoms with Crippen molar-refractivity contribution in [3.05, 3.63) is 237 Å². The van der Waals surface area contributed by atoms with Gasteiger partial charge >= 0.3 is 0 Å². The van der Waals surface area contributed by atoms with Gasteiger partial charge in [0, 0.05) is 50.0 Å². The van der Waals surface area contributed by atoms with Crippen LogP contribution in [-0.4, -0.2) is 9.13 Å². The molecule has 3 heteroatoms. The lowest BCUT2D eigenvalue weighted by Gasteiger charge is -2.26. The zero-order valence-electron chi connectivity index (χ0n) is 33.4. The first-order valence-corrected chi connectivity index (χ1v) is 20.9. The van der Waals surface area contributed by atoms with Crippen LogP contribution in [0, 0.1) is 0 Å². The summed E-state index contributed by atoms with van der Waals surface area (Å²) in [7, 11) is 0. The lowest BCUT2D eigenvalue weighted by molar-refractivity contribution is 1.17.